The molecule has 0 heterocycles. The van der Waals surface area contributed by atoms with Crippen molar-refractivity contribution in [2.75, 3.05) is 7.11 Å². The molecule has 0 fully saturated rings. The number of nitrogens with zero attached hydrogens (tertiary/aromatic N) is 1. The zero-order valence-corrected chi connectivity index (χ0v) is 14.2. The second kappa shape index (κ2) is 8.93. The van der Waals surface area contributed by atoms with E-state index in [9.17, 15) is 25.2 Å². The number of aliphatic hydroxyl groups excluding tert-OH is 2. The van der Waals surface area contributed by atoms with Gasteiger partial charge < -0.3 is 29.9 Å². The van der Waals surface area contributed by atoms with Crippen molar-refractivity contribution >= 4 is 12.0 Å². The minimum absolute atomic E-state index is 0.0342. The van der Waals surface area contributed by atoms with Crippen LogP contribution in [0.2, 0.25) is 0 Å². The third-order valence-corrected chi connectivity index (χ3v) is 3.50. The summed E-state index contributed by atoms with van der Waals surface area (Å²) in [7, 11) is 1.18. The zero-order chi connectivity index (χ0) is 20.0. The first-order valence-electron chi connectivity index (χ1n) is 7.69. The van der Waals surface area contributed by atoms with Gasteiger partial charge in [-0.1, -0.05) is 12.1 Å². The molecular formula is C19H17NO7. The number of carbonyl (C=O) groups is 1. The SMILES string of the molecule is COC(=O)C(C#N)=Cc1ccc(Oc2cc(C(O)O)cc(C(O)O)c2)cc1. The van der Waals surface area contributed by atoms with E-state index in [2.05, 4.69) is 4.74 Å². The third kappa shape index (κ3) is 5.37. The van der Waals surface area contributed by atoms with Gasteiger partial charge in [-0.05, 0) is 42.0 Å². The van der Waals surface area contributed by atoms with Crippen LogP contribution >= 0.6 is 0 Å². The van der Waals surface area contributed by atoms with Gasteiger partial charge in [-0.15, -0.1) is 0 Å². The number of benzene rings is 2. The second-order valence-corrected chi connectivity index (χ2v) is 5.42. The van der Waals surface area contributed by atoms with Crippen LogP contribution in [0.15, 0.2) is 48.0 Å². The third-order valence-electron chi connectivity index (χ3n) is 3.50. The molecule has 0 spiro atoms. The lowest BCUT2D eigenvalue weighted by atomic mass is 10.1. The lowest BCUT2D eigenvalue weighted by molar-refractivity contribution is -0.135. The highest BCUT2D eigenvalue weighted by atomic mass is 16.5. The normalized spacial score (nSPS) is 11.4. The lowest BCUT2D eigenvalue weighted by Gasteiger charge is -2.13. The molecule has 2 aromatic carbocycles. The summed E-state index contributed by atoms with van der Waals surface area (Å²) in [6, 6.07) is 12.0. The number of nitriles is 1. The number of esters is 1. The molecular weight excluding hydrogens is 354 g/mol. The van der Waals surface area contributed by atoms with Gasteiger partial charge >= 0.3 is 5.97 Å². The number of carbonyl (C=O) groups excluding carboxylic acids is 1. The van der Waals surface area contributed by atoms with E-state index in [1.165, 1.54) is 31.4 Å². The van der Waals surface area contributed by atoms with Gasteiger partial charge in [0.15, 0.2) is 12.6 Å². The van der Waals surface area contributed by atoms with E-state index in [-0.39, 0.29) is 22.4 Å². The number of ether oxygens (including phenoxy) is 2. The highest BCUT2D eigenvalue weighted by molar-refractivity contribution is 5.97. The molecule has 4 N–H and O–H groups in total. The first kappa shape index (κ1) is 20.1. The summed E-state index contributed by atoms with van der Waals surface area (Å²) in [5.41, 5.74) is 0.478. The van der Waals surface area contributed by atoms with Gasteiger partial charge in [-0.3, -0.25) is 0 Å². The van der Waals surface area contributed by atoms with Crippen LogP contribution < -0.4 is 4.74 Å². The molecule has 27 heavy (non-hydrogen) atoms. The molecule has 0 bridgehead atoms. The molecule has 2 aromatic rings. The molecule has 2 rings (SSSR count). The molecule has 0 saturated carbocycles. The van der Waals surface area contributed by atoms with Crippen LogP contribution in [0.5, 0.6) is 11.5 Å². The van der Waals surface area contributed by atoms with Gasteiger partial charge in [0.1, 0.15) is 23.1 Å². The van der Waals surface area contributed by atoms with Gasteiger partial charge in [0.25, 0.3) is 0 Å². The van der Waals surface area contributed by atoms with Crippen molar-refractivity contribution in [1.82, 2.24) is 0 Å². The molecule has 0 amide bonds. The highest BCUT2D eigenvalue weighted by Gasteiger charge is 2.12. The number of hydrogen-bond acceptors (Lipinski definition) is 8. The largest absolute Gasteiger partial charge is 0.465 e. The molecule has 8 nitrogen and oxygen atoms in total. The Kier molecular flexibility index (Phi) is 6.65. The van der Waals surface area contributed by atoms with Crippen LogP contribution in [0, 0.1) is 11.3 Å². The monoisotopic (exact) mass is 371 g/mol. The Morgan fingerprint density at radius 2 is 1.56 bits per heavy atom. The summed E-state index contributed by atoms with van der Waals surface area (Å²) in [5.74, 6) is -0.210. The number of methoxy groups -OCH3 is 1. The fourth-order valence-corrected chi connectivity index (χ4v) is 2.18. The number of aliphatic hydroxyl groups is 4. The average molecular weight is 371 g/mol. The van der Waals surface area contributed by atoms with E-state index in [1.54, 1.807) is 30.3 Å². The topological polar surface area (TPSA) is 140 Å². The Labute approximate surface area is 154 Å². The molecule has 0 aliphatic heterocycles. The fourth-order valence-electron chi connectivity index (χ4n) is 2.18. The van der Waals surface area contributed by atoms with Gasteiger partial charge in [0.2, 0.25) is 0 Å². The van der Waals surface area contributed by atoms with Crippen LogP contribution in [0.4, 0.5) is 0 Å². The van der Waals surface area contributed by atoms with Crippen LogP contribution in [-0.4, -0.2) is 33.5 Å². The van der Waals surface area contributed by atoms with Crippen molar-refractivity contribution in [3.8, 4) is 17.6 Å². The van der Waals surface area contributed by atoms with E-state index in [0.717, 1.165) is 0 Å². The Morgan fingerprint density at radius 3 is 2.00 bits per heavy atom. The molecule has 0 radical (unpaired) electrons. The van der Waals surface area contributed by atoms with Gasteiger partial charge in [-0.2, -0.15) is 5.26 Å². The van der Waals surface area contributed by atoms with E-state index in [0.29, 0.717) is 11.3 Å². The summed E-state index contributed by atoms with van der Waals surface area (Å²) in [6.07, 6.45) is -2.25. The zero-order valence-electron chi connectivity index (χ0n) is 14.2. The minimum Gasteiger partial charge on any atom is -0.465 e. The maximum atomic E-state index is 11.4. The maximum absolute atomic E-state index is 11.4. The molecule has 0 unspecified atom stereocenters. The summed E-state index contributed by atoms with van der Waals surface area (Å²) >= 11 is 0. The molecule has 0 aliphatic carbocycles. The molecule has 140 valence electrons. The lowest BCUT2D eigenvalue weighted by Crippen LogP contribution is -2.02. The van der Waals surface area contributed by atoms with E-state index >= 15 is 0 Å². The first-order chi connectivity index (χ1) is 12.8. The van der Waals surface area contributed by atoms with E-state index in [1.807, 2.05) is 0 Å². The number of hydrogen-bond donors (Lipinski definition) is 4. The summed E-state index contributed by atoms with van der Waals surface area (Å²) < 4.78 is 10.1. The van der Waals surface area contributed by atoms with Crippen LogP contribution in [-0.2, 0) is 9.53 Å². The maximum Gasteiger partial charge on any atom is 0.348 e. The van der Waals surface area contributed by atoms with Crippen LogP contribution in [0.1, 0.15) is 29.3 Å². The predicted molar refractivity (Wildman–Crippen MR) is 92.9 cm³/mol. The van der Waals surface area contributed by atoms with Crippen LogP contribution in [0.3, 0.4) is 0 Å². The molecule has 0 saturated heterocycles. The van der Waals surface area contributed by atoms with Crippen molar-refractivity contribution in [3.63, 3.8) is 0 Å². The van der Waals surface area contributed by atoms with Crippen molar-refractivity contribution < 1.29 is 34.7 Å². The minimum atomic E-state index is -1.80. The quantitative estimate of drug-likeness (QED) is 0.259. The molecule has 0 aliphatic rings. The van der Waals surface area contributed by atoms with E-state index < -0.39 is 18.5 Å². The second-order valence-electron chi connectivity index (χ2n) is 5.42. The summed E-state index contributed by atoms with van der Waals surface area (Å²) in [6.45, 7) is 0. The Hall–Kier alpha value is -3.22. The Balaban J connectivity index is 2.25. The van der Waals surface area contributed by atoms with Gasteiger partial charge in [0.05, 0.1) is 7.11 Å². The number of rotatable bonds is 6. The van der Waals surface area contributed by atoms with Crippen molar-refractivity contribution in [2.45, 2.75) is 12.6 Å². The van der Waals surface area contributed by atoms with E-state index in [4.69, 9.17) is 10.00 Å². The smallest absolute Gasteiger partial charge is 0.348 e. The Bertz CT molecular complexity index is 854. The first-order valence-corrected chi connectivity index (χ1v) is 7.69. The molecule has 0 aromatic heterocycles. The van der Waals surface area contributed by atoms with Crippen LogP contribution in [0.25, 0.3) is 6.08 Å². The summed E-state index contributed by atoms with van der Waals surface area (Å²) in [4.78, 5) is 11.4. The Morgan fingerprint density at radius 1 is 1.00 bits per heavy atom. The van der Waals surface area contributed by atoms with Crippen molar-refractivity contribution in [2.24, 2.45) is 0 Å². The van der Waals surface area contributed by atoms with Gasteiger partial charge in [-0.25, -0.2) is 4.79 Å². The average Bonchev–Trinajstić information content (AvgIpc) is 2.66. The molecule has 8 heteroatoms. The highest BCUT2D eigenvalue weighted by Crippen LogP contribution is 2.28. The predicted octanol–water partition coefficient (Wildman–Crippen LogP) is 1.53. The van der Waals surface area contributed by atoms with Crippen molar-refractivity contribution in [1.29, 1.82) is 5.26 Å². The standard InChI is InChI=1S/C19H17NO7/c1-26-19(25)14(10-20)6-11-2-4-15(5-3-11)27-16-8-12(17(21)22)7-13(9-16)18(23)24/h2-9,17-18,21-24H,1H3. The van der Waals surface area contributed by atoms with Crippen molar-refractivity contribution in [3.05, 3.63) is 64.7 Å². The fraction of sp³-hybridized carbons (Fsp3) is 0.158. The van der Waals surface area contributed by atoms with Gasteiger partial charge in [0, 0.05) is 11.1 Å². The summed E-state index contributed by atoms with van der Waals surface area (Å²) in [5, 5.41) is 46.1. The molecule has 0 atom stereocenters.